The van der Waals surface area contributed by atoms with Crippen LogP contribution in [0.1, 0.15) is 60.3 Å². The molecule has 5 rings (SSSR count). The van der Waals surface area contributed by atoms with Crippen molar-refractivity contribution in [3.63, 3.8) is 0 Å². The van der Waals surface area contributed by atoms with E-state index in [1.54, 1.807) is 12.3 Å². The zero-order chi connectivity index (χ0) is 29.4. The number of ether oxygens (including phenoxy) is 1. The largest absolute Gasteiger partial charge is 0.494 e. The molecule has 2 heterocycles. The monoisotopic (exact) mass is 566 g/mol. The molecular formula is C34H35ClN4O2. The van der Waals surface area contributed by atoms with Crippen molar-refractivity contribution in [3.05, 3.63) is 110 Å². The van der Waals surface area contributed by atoms with Crippen LogP contribution in [0.15, 0.2) is 70.6 Å². The van der Waals surface area contributed by atoms with E-state index in [1.165, 1.54) is 4.68 Å². The van der Waals surface area contributed by atoms with Gasteiger partial charge in [0.2, 0.25) is 0 Å². The highest BCUT2D eigenvalue weighted by atomic mass is 35.5. The maximum atomic E-state index is 13.9. The summed E-state index contributed by atoms with van der Waals surface area (Å²) in [6.07, 6.45) is 1.74. The molecular weight excluding hydrogens is 532 g/mol. The number of aryl methyl sites for hydroxylation is 2. The van der Waals surface area contributed by atoms with Crippen molar-refractivity contribution in [2.24, 2.45) is 5.10 Å². The average molecular weight is 567 g/mol. The lowest BCUT2D eigenvalue weighted by Crippen LogP contribution is -2.21. The zero-order valence-electron chi connectivity index (χ0n) is 24.6. The Hall–Kier alpha value is -4.16. The van der Waals surface area contributed by atoms with Crippen LogP contribution in [0.25, 0.3) is 28.0 Å². The number of rotatable bonds is 7. The van der Waals surface area contributed by atoms with Gasteiger partial charge >= 0.3 is 0 Å². The number of hydrogen-bond donors (Lipinski definition) is 0. The lowest BCUT2D eigenvalue weighted by molar-refractivity contribution is 0.335. The summed E-state index contributed by atoms with van der Waals surface area (Å²) in [5.41, 5.74) is 8.24. The van der Waals surface area contributed by atoms with Gasteiger partial charge < -0.3 is 9.30 Å². The highest BCUT2D eigenvalue weighted by Crippen LogP contribution is 2.34. The van der Waals surface area contributed by atoms with Crippen LogP contribution in [0, 0.1) is 27.7 Å². The van der Waals surface area contributed by atoms with Crippen LogP contribution in [0.2, 0.25) is 5.02 Å². The van der Waals surface area contributed by atoms with Gasteiger partial charge in [-0.15, -0.1) is 0 Å². The molecule has 2 aromatic heterocycles. The Kier molecular flexibility index (Phi) is 7.87. The second kappa shape index (κ2) is 11.4. The second-order valence-electron chi connectivity index (χ2n) is 10.7. The summed E-state index contributed by atoms with van der Waals surface area (Å²) in [5, 5.41) is 6.00. The molecule has 0 fully saturated rings. The molecule has 0 saturated carbocycles. The van der Waals surface area contributed by atoms with Crippen molar-refractivity contribution in [3.8, 4) is 22.8 Å². The molecule has 0 aliphatic rings. The maximum Gasteiger partial charge on any atom is 0.282 e. The van der Waals surface area contributed by atoms with Crippen LogP contribution < -0.4 is 10.3 Å². The van der Waals surface area contributed by atoms with Crippen LogP contribution >= 0.6 is 11.6 Å². The summed E-state index contributed by atoms with van der Waals surface area (Å²) in [5.74, 6) is 1.57. The maximum absolute atomic E-state index is 13.9. The van der Waals surface area contributed by atoms with Crippen LogP contribution in [0.5, 0.6) is 5.75 Å². The number of hydrogen-bond acceptors (Lipinski definition) is 4. The normalized spacial score (nSPS) is 11.7. The van der Waals surface area contributed by atoms with E-state index in [1.807, 2.05) is 64.1 Å². The zero-order valence-corrected chi connectivity index (χ0v) is 25.4. The first-order chi connectivity index (χ1) is 19.6. The highest BCUT2D eigenvalue weighted by Gasteiger charge is 2.19. The number of nitrogens with zero attached hydrogens (tertiary/aromatic N) is 4. The molecule has 0 spiro atoms. The Morgan fingerprint density at radius 1 is 1.02 bits per heavy atom. The van der Waals surface area contributed by atoms with Gasteiger partial charge in [0, 0.05) is 33.2 Å². The van der Waals surface area contributed by atoms with E-state index < -0.39 is 0 Å². The van der Waals surface area contributed by atoms with E-state index in [4.69, 9.17) is 26.4 Å². The first-order valence-electron chi connectivity index (χ1n) is 13.9. The first kappa shape index (κ1) is 28.4. The molecule has 3 aromatic carbocycles. The molecule has 210 valence electrons. The SMILES string of the molecule is CCOc1cc(C)c(-c2nc3ccccc3c(=O)n2N=Cc2cc(C)n(-c3cccc(Cl)c3C)c2C)cc1C(C)C. The van der Waals surface area contributed by atoms with Crippen molar-refractivity contribution in [1.82, 2.24) is 14.2 Å². The van der Waals surface area contributed by atoms with E-state index in [2.05, 4.69) is 43.5 Å². The summed E-state index contributed by atoms with van der Waals surface area (Å²) < 4.78 is 9.53. The summed E-state index contributed by atoms with van der Waals surface area (Å²) >= 11 is 6.44. The Morgan fingerprint density at radius 2 is 1.78 bits per heavy atom. The van der Waals surface area contributed by atoms with Gasteiger partial charge in [-0.3, -0.25) is 4.79 Å². The Bertz CT molecular complexity index is 1860. The summed E-state index contributed by atoms with van der Waals surface area (Å²) in [6.45, 7) is 14.9. The number of benzene rings is 3. The van der Waals surface area contributed by atoms with E-state index in [-0.39, 0.29) is 11.5 Å². The Labute approximate surface area is 245 Å². The molecule has 6 nitrogen and oxygen atoms in total. The summed E-state index contributed by atoms with van der Waals surface area (Å²) in [4.78, 5) is 18.8. The number of halogens is 1. The second-order valence-corrected chi connectivity index (χ2v) is 11.1. The van der Waals surface area contributed by atoms with Gasteiger partial charge in [0.05, 0.1) is 23.7 Å². The molecule has 0 N–H and O–H groups in total. The molecule has 7 heteroatoms. The van der Waals surface area contributed by atoms with Crippen LogP contribution in [-0.4, -0.2) is 27.0 Å². The van der Waals surface area contributed by atoms with Gasteiger partial charge in [-0.1, -0.05) is 43.6 Å². The molecule has 0 atom stereocenters. The fourth-order valence-corrected chi connectivity index (χ4v) is 5.49. The Morgan fingerprint density at radius 3 is 2.51 bits per heavy atom. The molecule has 0 aliphatic carbocycles. The first-order valence-corrected chi connectivity index (χ1v) is 14.3. The standard InChI is InChI=1S/C34H35ClN4O2/c1-8-41-32-16-21(4)28(18-27(32)20(2)3)33-37-30-14-10-9-12-26(30)34(40)39(33)36-19-25-17-22(5)38(24(25)7)31-15-11-13-29(35)23(31)6/h9-20H,8H2,1-7H3. The summed E-state index contributed by atoms with van der Waals surface area (Å²) in [6, 6.07) is 19.5. The number of aromatic nitrogens is 3. The minimum Gasteiger partial charge on any atom is -0.494 e. The number of fused-ring (bicyclic) bond motifs is 1. The van der Waals surface area contributed by atoms with Gasteiger partial charge in [-0.05, 0) is 99.7 Å². The lowest BCUT2D eigenvalue weighted by atomic mass is 9.96. The summed E-state index contributed by atoms with van der Waals surface area (Å²) in [7, 11) is 0. The third-order valence-corrected chi connectivity index (χ3v) is 7.95. The third-order valence-electron chi connectivity index (χ3n) is 7.54. The van der Waals surface area contributed by atoms with Crippen molar-refractivity contribution in [2.45, 2.75) is 54.4 Å². The minimum absolute atomic E-state index is 0.222. The molecule has 5 aromatic rings. The predicted octanol–water partition coefficient (Wildman–Crippen LogP) is 8.15. The van der Waals surface area contributed by atoms with Crippen LogP contribution in [0.3, 0.4) is 0 Å². The van der Waals surface area contributed by atoms with Gasteiger partial charge in [0.15, 0.2) is 5.82 Å². The molecule has 0 radical (unpaired) electrons. The van der Waals surface area contributed by atoms with Gasteiger partial charge in [0.25, 0.3) is 5.56 Å². The van der Waals surface area contributed by atoms with Gasteiger partial charge in [-0.25, -0.2) is 4.98 Å². The Balaban J connectivity index is 1.71. The molecule has 0 bridgehead atoms. The topological polar surface area (TPSA) is 61.4 Å². The molecule has 0 saturated heterocycles. The average Bonchev–Trinajstić information content (AvgIpc) is 3.22. The molecule has 0 aliphatic heterocycles. The lowest BCUT2D eigenvalue weighted by Gasteiger charge is -2.18. The van der Waals surface area contributed by atoms with Crippen LogP contribution in [0.4, 0.5) is 0 Å². The quantitative estimate of drug-likeness (QED) is 0.187. The van der Waals surface area contributed by atoms with Crippen molar-refractivity contribution >= 4 is 28.7 Å². The van der Waals surface area contributed by atoms with E-state index >= 15 is 0 Å². The van der Waals surface area contributed by atoms with Gasteiger partial charge in [0.1, 0.15) is 5.75 Å². The van der Waals surface area contributed by atoms with Gasteiger partial charge in [-0.2, -0.15) is 9.78 Å². The van der Waals surface area contributed by atoms with Crippen molar-refractivity contribution in [2.75, 3.05) is 6.61 Å². The van der Waals surface area contributed by atoms with E-state index in [0.29, 0.717) is 23.3 Å². The van der Waals surface area contributed by atoms with Crippen molar-refractivity contribution in [1.29, 1.82) is 0 Å². The molecule has 41 heavy (non-hydrogen) atoms. The minimum atomic E-state index is -0.222. The fourth-order valence-electron chi connectivity index (χ4n) is 5.32. The molecule has 0 unspecified atom stereocenters. The fraction of sp³-hybridized carbons (Fsp3) is 0.265. The highest BCUT2D eigenvalue weighted by molar-refractivity contribution is 6.31. The third kappa shape index (κ3) is 5.20. The van der Waals surface area contributed by atoms with E-state index in [0.717, 1.165) is 55.7 Å². The smallest absolute Gasteiger partial charge is 0.282 e. The number of para-hydroxylation sites is 1. The predicted molar refractivity (Wildman–Crippen MR) is 169 cm³/mol. The van der Waals surface area contributed by atoms with Crippen LogP contribution in [-0.2, 0) is 0 Å². The molecule has 0 amide bonds. The van der Waals surface area contributed by atoms with E-state index in [9.17, 15) is 4.79 Å². The van der Waals surface area contributed by atoms with Crippen molar-refractivity contribution < 1.29 is 4.74 Å².